The summed E-state index contributed by atoms with van der Waals surface area (Å²) in [5.41, 5.74) is 0.454. The van der Waals surface area contributed by atoms with Crippen LogP contribution in [0.1, 0.15) is 18.6 Å². The van der Waals surface area contributed by atoms with Gasteiger partial charge in [-0.05, 0) is 0 Å². The van der Waals surface area contributed by atoms with Gasteiger partial charge in [-0.3, -0.25) is 4.79 Å². The Bertz CT molecular complexity index is 337. The fraction of sp³-hybridized carbons (Fsp3) is 0.200. The summed E-state index contributed by atoms with van der Waals surface area (Å²) in [5.74, 6) is -1.78. The minimum atomic E-state index is -1.21. The van der Waals surface area contributed by atoms with Crippen molar-refractivity contribution >= 4 is 35.8 Å². The van der Waals surface area contributed by atoms with E-state index in [2.05, 4.69) is 4.74 Å². The zero-order chi connectivity index (χ0) is 10.6. The molecule has 1 N–H and O–H groups in total. The second kappa shape index (κ2) is 6.44. The maximum absolute atomic E-state index is 10.8. The van der Waals surface area contributed by atoms with Crippen LogP contribution in [-0.4, -0.2) is 41.0 Å². The van der Waals surface area contributed by atoms with Crippen LogP contribution in [0, 0.1) is 0 Å². The summed E-state index contributed by atoms with van der Waals surface area (Å²) in [5, 5.41) is 8.80. The summed E-state index contributed by atoms with van der Waals surface area (Å²) >= 11 is 0. The summed E-state index contributed by atoms with van der Waals surface area (Å²) in [6, 6.07) is 8.34. The van der Waals surface area contributed by atoms with Crippen molar-refractivity contribution in [1.82, 2.24) is 0 Å². The average Bonchev–Trinajstić information content (AvgIpc) is 2.15. The zero-order valence-corrected chi connectivity index (χ0v) is 11.5. The van der Waals surface area contributed by atoms with E-state index in [-0.39, 0.29) is 23.9 Å². The van der Waals surface area contributed by atoms with Crippen molar-refractivity contribution in [1.29, 1.82) is 0 Å². The van der Waals surface area contributed by atoms with Gasteiger partial charge in [-0.2, -0.15) is 0 Å². The number of benzene rings is 1. The van der Waals surface area contributed by atoms with Gasteiger partial charge in [-0.1, -0.05) is 30.3 Å². The molecule has 0 spiro atoms. The van der Waals surface area contributed by atoms with E-state index >= 15 is 0 Å². The van der Waals surface area contributed by atoms with Crippen molar-refractivity contribution < 1.29 is 19.4 Å². The molecule has 15 heavy (non-hydrogen) atoms. The van der Waals surface area contributed by atoms with Crippen LogP contribution in [0.3, 0.4) is 0 Å². The molecule has 0 aliphatic carbocycles. The zero-order valence-electron chi connectivity index (χ0n) is 8.21. The number of carbonyl (C=O) groups excluding carboxylic acids is 1. The predicted octanol–water partition coefficient (Wildman–Crippen LogP) is 0.727. The molecule has 0 bridgehead atoms. The summed E-state index contributed by atoms with van der Waals surface area (Å²) in [4.78, 5) is 21.4. The summed E-state index contributed by atoms with van der Waals surface area (Å²) in [6.45, 7) is 1.18. The van der Waals surface area contributed by atoms with Gasteiger partial charge in [0.05, 0.1) is 0 Å². The van der Waals surface area contributed by atoms with Gasteiger partial charge >= 0.3 is 35.8 Å². The molecule has 1 unspecified atom stereocenters. The van der Waals surface area contributed by atoms with Crippen LogP contribution in [0.4, 0.5) is 0 Å². The Morgan fingerprint density at radius 1 is 1.27 bits per heavy atom. The van der Waals surface area contributed by atoms with Crippen molar-refractivity contribution in [2.75, 3.05) is 0 Å². The van der Waals surface area contributed by atoms with Crippen molar-refractivity contribution in [3.05, 3.63) is 35.9 Å². The van der Waals surface area contributed by atoms with Crippen LogP contribution < -0.4 is 0 Å². The van der Waals surface area contributed by atoms with Crippen LogP contribution in [0.2, 0.25) is 0 Å². The number of ether oxygens (including phenoxy) is 1. The standard InChI is InChI=1S/C10H10O4.Sn.H/c1-7(11)14-9(10(12)13)8-5-3-2-4-6-8;;/h2-6,9H,1H3,(H,12,13);;. The number of carboxylic acids is 1. The Hall–Kier alpha value is -1.04. The second-order valence-electron chi connectivity index (χ2n) is 2.74. The Labute approximate surface area is 104 Å². The van der Waals surface area contributed by atoms with Gasteiger partial charge < -0.3 is 9.84 Å². The average molecular weight is 314 g/mol. The number of carbonyl (C=O) groups is 2. The molecule has 0 fully saturated rings. The van der Waals surface area contributed by atoms with Crippen molar-refractivity contribution in [3.8, 4) is 0 Å². The molecular formula is C10H11O4Sn. The molecule has 79 valence electrons. The van der Waals surface area contributed by atoms with Crippen molar-refractivity contribution in [2.24, 2.45) is 0 Å². The molecule has 0 saturated carbocycles. The van der Waals surface area contributed by atoms with Crippen LogP contribution in [0.15, 0.2) is 30.3 Å². The summed E-state index contributed by atoms with van der Waals surface area (Å²) < 4.78 is 4.66. The van der Waals surface area contributed by atoms with E-state index in [4.69, 9.17) is 5.11 Å². The third-order valence-corrected chi connectivity index (χ3v) is 1.61. The number of carboxylic acid groups (broad SMARTS) is 1. The van der Waals surface area contributed by atoms with E-state index < -0.39 is 18.0 Å². The molecule has 0 aliphatic heterocycles. The molecule has 5 heteroatoms. The molecule has 0 aromatic heterocycles. The van der Waals surface area contributed by atoms with Gasteiger partial charge in [0.2, 0.25) is 6.10 Å². The van der Waals surface area contributed by atoms with Crippen LogP contribution >= 0.6 is 0 Å². The molecule has 0 amide bonds. The summed E-state index contributed by atoms with van der Waals surface area (Å²) in [7, 11) is 0. The molecular weight excluding hydrogens is 303 g/mol. The van der Waals surface area contributed by atoms with Crippen molar-refractivity contribution in [3.63, 3.8) is 0 Å². The Kier molecular flexibility index (Phi) is 6.00. The first-order valence-electron chi connectivity index (χ1n) is 4.06. The minimum absolute atomic E-state index is 0. The number of hydrogen-bond donors (Lipinski definition) is 1. The van der Waals surface area contributed by atoms with Gasteiger partial charge in [0, 0.05) is 12.5 Å². The molecule has 0 saturated heterocycles. The number of rotatable bonds is 3. The van der Waals surface area contributed by atoms with E-state index in [1.165, 1.54) is 6.92 Å². The molecule has 1 rings (SSSR count). The van der Waals surface area contributed by atoms with E-state index in [1.54, 1.807) is 30.3 Å². The number of hydrogen-bond acceptors (Lipinski definition) is 3. The Morgan fingerprint density at radius 2 is 1.80 bits per heavy atom. The van der Waals surface area contributed by atoms with E-state index in [1.807, 2.05) is 0 Å². The van der Waals surface area contributed by atoms with E-state index in [0.717, 1.165) is 0 Å². The number of aliphatic carboxylic acids is 1. The third-order valence-electron chi connectivity index (χ3n) is 1.61. The first-order valence-corrected chi connectivity index (χ1v) is 4.06. The maximum atomic E-state index is 10.8. The van der Waals surface area contributed by atoms with Gasteiger partial charge in [0.15, 0.2) is 0 Å². The quantitative estimate of drug-likeness (QED) is 0.660. The first kappa shape index (κ1) is 14.0. The summed E-state index contributed by atoms with van der Waals surface area (Å²) in [6.07, 6.45) is -1.21. The van der Waals surface area contributed by atoms with E-state index in [0.29, 0.717) is 5.56 Å². The van der Waals surface area contributed by atoms with Gasteiger partial charge in [0.25, 0.3) is 0 Å². The fourth-order valence-corrected chi connectivity index (χ4v) is 1.05. The topological polar surface area (TPSA) is 63.6 Å². The van der Waals surface area contributed by atoms with Crippen LogP contribution in [0.5, 0.6) is 0 Å². The van der Waals surface area contributed by atoms with Crippen molar-refractivity contribution in [2.45, 2.75) is 13.0 Å². The molecule has 3 radical (unpaired) electrons. The third kappa shape index (κ3) is 4.33. The molecule has 1 aromatic rings. The molecule has 1 atom stereocenters. The normalized spacial score (nSPS) is 11.0. The second-order valence-corrected chi connectivity index (χ2v) is 2.74. The molecule has 0 aliphatic rings. The van der Waals surface area contributed by atoms with Gasteiger partial charge in [-0.25, -0.2) is 4.79 Å². The molecule has 4 nitrogen and oxygen atoms in total. The first-order chi connectivity index (χ1) is 6.61. The van der Waals surface area contributed by atoms with Crippen LogP contribution in [-0.2, 0) is 14.3 Å². The van der Waals surface area contributed by atoms with E-state index in [9.17, 15) is 9.59 Å². The molecule has 0 heterocycles. The van der Waals surface area contributed by atoms with Gasteiger partial charge in [-0.15, -0.1) is 0 Å². The van der Waals surface area contributed by atoms with Crippen LogP contribution in [0.25, 0.3) is 0 Å². The fourth-order valence-electron chi connectivity index (χ4n) is 1.05. The monoisotopic (exact) mass is 315 g/mol. The predicted molar refractivity (Wildman–Crippen MR) is 55.7 cm³/mol. The Balaban J connectivity index is 0.00000196. The van der Waals surface area contributed by atoms with Gasteiger partial charge in [0.1, 0.15) is 0 Å². The number of esters is 1. The molecule has 1 aromatic carbocycles. The SMILES string of the molecule is CC(=O)OC(C(=O)O)c1ccccc1.[SnH]. The Morgan fingerprint density at radius 3 is 2.20 bits per heavy atom.